The van der Waals surface area contributed by atoms with E-state index in [1.54, 1.807) is 29.2 Å². The van der Waals surface area contributed by atoms with E-state index in [-0.39, 0.29) is 23.9 Å². The molecular weight excluding hydrogens is 542 g/mol. The number of likely N-dealkylation sites (tertiary alicyclic amines) is 1. The summed E-state index contributed by atoms with van der Waals surface area (Å²) in [4.78, 5) is 48.2. The summed E-state index contributed by atoms with van der Waals surface area (Å²) in [6.07, 6.45) is 3.53. The lowest BCUT2D eigenvalue weighted by molar-refractivity contribution is -0.133. The van der Waals surface area contributed by atoms with Crippen molar-refractivity contribution in [2.45, 2.75) is 25.3 Å². The van der Waals surface area contributed by atoms with Gasteiger partial charge in [0.05, 0.1) is 35.5 Å². The first kappa shape index (κ1) is 26.7. The lowest BCUT2D eigenvalue weighted by Crippen LogP contribution is -2.49. The van der Waals surface area contributed by atoms with Crippen LogP contribution >= 0.6 is 11.3 Å². The zero-order chi connectivity index (χ0) is 28.3. The Hall–Kier alpha value is -4.48. The van der Waals surface area contributed by atoms with Gasteiger partial charge in [0.2, 0.25) is 5.91 Å². The fourth-order valence-corrected chi connectivity index (χ4v) is 6.23. The van der Waals surface area contributed by atoms with Crippen LogP contribution < -0.4 is 20.3 Å². The molecule has 1 fully saturated rings. The third-order valence-electron chi connectivity index (χ3n) is 7.16. The predicted octanol–water partition coefficient (Wildman–Crippen LogP) is 5.53. The topological polar surface area (TPSA) is 113 Å². The molecule has 0 bridgehead atoms. The van der Waals surface area contributed by atoms with Crippen molar-refractivity contribution in [3.8, 4) is 11.5 Å². The fraction of sp³-hybridized carbons (Fsp3) is 0.267. The molecular formula is C30H29N5O5S. The number of piperidine rings is 1. The first-order valence-corrected chi connectivity index (χ1v) is 14.3. The summed E-state index contributed by atoms with van der Waals surface area (Å²) in [5.41, 5.74) is 1.76. The number of urea groups is 1. The number of benzene rings is 2. The van der Waals surface area contributed by atoms with E-state index in [0.29, 0.717) is 64.0 Å². The van der Waals surface area contributed by atoms with E-state index < -0.39 is 0 Å². The number of hydrogen-bond donors (Lipinski definition) is 2. The number of nitrogens with zero attached hydrogens (tertiary/aromatic N) is 3. The molecule has 0 unspecified atom stereocenters. The molecule has 210 valence electrons. The number of amides is 4. The van der Waals surface area contributed by atoms with Crippen LogP contribution in [0.4, 0.5) is 21.9 Å². The molecule has 2 N–H and O–H groups in total. The van der Waals surface area contributed by atoms with Crippen LogP contribution in [0.5, 0.6) is 11.5 Å². The maximum Gasteiger partial charge on any atom is 0.331 e. The average Bonchev–Trinajstić information content (AvgIpc) is 3.37. The van der Waals surface area contributed by atoms with Gasteiger partial charge in [-0.25, -0.2) is 9.78 Å². The van der Waals surface area contributed by atoms with Gasteiger partial charge in [0.15, 0.2) is 0 Å². The number of anilines is 3. The van der Waals surface area contributed by atoms with E-state index in [2.05, 4.69) is 15.6 Å². The van der Waals surface area contributed by atoms with Gasteiger partial charge in [-0.15, -0.1) is 11.3 Å². The summed E-state index contributed by atoms with van der Waals surface area (Å²) < 4.78 is 10.9. The molecule has 4 heterocycles. The van der Waals surface area contributed by atoms with Crippen LogP contribution in [-0.4, -0.2) is 60.6 Å². The number of carbonyl (C=O) groups is 3. The number of thiophene rings is 1. The molecule has 2 aliphatic rings. The highest BCUT2D eigenvalue weighted by atomic mass is 32.1. The van der Waals surface area contributed by atoms with Crippen molar-refractivity contribution in [3.63, 3.8) is 0 Å². The minimum absolute atomic E-state index is 0.0172. The molecule has 0 saturated carbocycles. The van der Waals surface area contributed by atoms with Gasteiger partial charge >= 0.3 is 6.03 Å². The Morgan fingerprint density at radius 2 is 1.88 bits per heavy atom. The smallest absolute Gasteiger partial charge is 0.331 e. The van der Waals surface area contributed by atoms with Crippen molar-refractivity contribution in [2.24, 2.45) is 0 Å². The third kappa shape index (κ3) is 5.46. The normalized spacial score (nSPS) is 16.4. The molecule has 1 atom stereocenters. The van der Waals surface area contributed by atoms with Crippen molar-refractivity contribution in [1.29, 1.82) is 0 Å². The van der Waals surface area contributed by atoms with Crippen LogP contribution in [0, 0.1) is 0 Å². The van der Waals surface area contributed by atoms with Gasteiger partial charge in [0.1, 0.15) is 21.2 Å². The number of pyridine rings is 1. The predicted molar refractivity (Wildman–Crippen MR) is 157 cm³/mol. The zero-order valence-corrected chi connectivity index (χ0v) is 23.3. The fourth-order valence-electron chi connectivity index (χ4n) is 5.21. The Morgan fingerprint density at radius 1 is 1.10 bits per heavy atom. The van der Waals surface area contributed by atoms with Gasteiger partial charge in [-0.1, -0.05) is 18.2 Å². The Balaban J connectivity index is 1.22. The van der Waals surface area contributed by atoms with Gasteiger partial charge in [-0.05, 0) is 55.3 Å². The van der Waals surface area contributed by atoms with Crippen LogP contribution in [0.3, 0.4) is 0 Å². The minimum atomic E-state index is -0.373. The average molecular weight is 572 g/mol. The Labute approximate surface area is 240 Å². The van der Waals surface area contributed by atoms with E-state index in [9.17, 15) is 14.4 Å². The molecule has 6 rings (SSSR count). The second kappa shape index (κ2) is 11.6. The molecule has 41 heavy (non-hydrogen) atoms. The van der Waals surface area contributed by atoms with Crippen molar-refractivity contribution < 1.29 is 23.9 Å². The number of carbonyl (C=O) groups excluding carboxylic acids is 3. The lowest BCUT2D eigenvalue weighted by Gasteiger charge is -2.33. The summed E-state index contributed by atoms with van der Waals surface area (Å²) in [6, 6.07) is 17.9. The summed E-state index contributed by atoms with van der Waals surface area (Å²) in [6.45, 7) is 1.49. The maximum absolute atomic E-state index is 13.5. The molecule has 11 heteroatoms. The summed E-state index contributed by atoms with van der Waals surface area (Å²) >= 11 is 1.24. The Kier molecular flexibility index (Phi) is 7.53. The molecule has 4 amide bonds. The Morgan fingerprint density at radius 3 is 2.66 bits per heavy atom. The number of nitrogens with one attached hydrogen (secondary N) is 2. The first-order valence-electron chi connectivity index (χ1n) is 13.4. The molecule has 2 aromatic carbocycles. The van der Waals surface area contributed by atoms with E-state index in [0.717, 1.165) is 18.6 Å². The zero-order valence-electron chi connectivity index (χ0n) is 22.5. The van der Waals surface area contributed by atoms with Crippen LogP contribution in [0.2, 0.25) is 0 Å². The molecule has 0 radical (unpaired) electrons. The number of hydrogen-bond acceptors (Lipinski definition) is 7. The van der Waals surface area contributed by atoms with Gasteiger partial charge in [0.25, 0.3) is 5.91 Å². The quantitative estimate of drug-likeness (QED) is 0.288. The molecule has 1 saturated heterocycles. The number of ether oxygens (including phenoxy) is 2. The SMILES string of the molecule is COCCC(=O)N1CCC[C@@H](NC(=O)c2sc3nccc4c3c2NC(=O)N4c2ccc(Oc3ccccc3)cc2)C1. The first-order chi connectivity index (χ1) is 20.0. The highest BCUT2D eigenvalue weighted by molar-refractivity contribution is 7.21. The molecule has 2 aliphatic heterocycles. The second-order valence-corrected chi connectivity index (χ2v) is 10.9. The van der Waals surface area contributed by atoms with E-state index >= 15 is 0 Å². The maximum atomic E-state index is 13.5. The van der Waals surface area contributed by atoms with Gasteiger partial charge in [-0.2, -0.15) is 0 Å². The summed E-state index contributed by atoms with van der Waals surface area (Å²) in [5, 5.41) is 6.72. The third-order valence-corrected chi connectivity index (χ3v) is 8.25. The standard InChI is InChI=1S/C30H29N5O5S/c1-39-17-14-24(36)34-16-5-6-19(18-34)32-28(37)27-26-25-23(13-15-31-29(25)41-27)35(30(38)33-26)20-9-11-22(12-10-20)40-21-7-3-2-4-8-21/h2-4,7-13,15,19H,5-6,14,16-18H2,1H3,(H,32,37)(H,33,38)/t19-/m1/s1. The second-order valence-electron chi connectivity index (χ2n) is 9.89. The van der Waals surface area contributed by atoms with Gasteiger partial charge < -0.3 is 25.0 Å². The number of aromatic nitrogens is 1. The molecule has 10 nitrogen and oxygen atoms in total. The highest BCUT2D eigenvalue weighted by Gasteiger charge is 2.34. The highest BCUT2D eigenvalue weighted by Crippen LogP contribution is 2.45. The van der Waals surface area contributed by atoms with E-state index in [1.165, 1.54) is 11.3 Å². The number of rotatable bonds is 8. The molecule has 4 aromatic rings. The van der Waals surface area contributed by atoms with Gasteiger partial charge in [0, 0.05) is 32.4 Å². The van der Waals surface area contributed by atoms with Crippen LogP contribution in [0.25, 0.3) is 10.2 Å². The minimum Gasteiger partial charge on any atom is -0.457 e. The summed E-state index contributed by atoms with van der Waals surface area (Å²) in [7, 11) is 1.57. The lowest BCUT2D eigenvalue weighted by atomic mass is 10.0. The Bertz CT molecular complexity index is 1590. The molecule has 0 aliphatic carbocycles. The van der Waals surface area contributed by atoms with Crippen molar-refractivity contribution in [2.75, 3.05) is 37.0 Å². The number of methoxy groups -OCH3 is 1. The van der Waals surface area contributed by atoms with E-state index in [1.807, 2.05) is 54.6 Å². The molecule has 2 aromatic heterocycles. The summed E-state index contributed by atoms with van der Waals surface area (Å²) in [5.74, 6) is 1.10. The van der Waals surface area contributed by atoms with Crippen molar-refractivity contribution in [3.05, 3.63) is 71.7 Å². The largest absolute Gasteiger partial charge is 0.457 e. The van der Waals surface area contributed by atoms with E-state index in [4.69, 9.17) is 9.47 Å². The molecule has 0 spiro atoms. The van der Waals surface area contributed by atoms with Crippen LogP contribution in [0.15, 0.2) is 66.9 Å². The number of para-hydroxylation sites is 1. The van der Waals surface area contributed by atoms with Crippen molar-refractivity contribution >= 4 is 56.5 Å². The van der Waals surface area contributed by atoms with Gasteiger partial charge in [-0.3, -0.25) is 14.5 Å². The van der Waals surface area contributed by atoms with Crippen LogP contribution in [0.1, 0.15) is 28.9 Å². The van der Waals surface area contributed by atoms with Crippen molar-refractivity contribution in [1.82, 2.24) is 15.2 Å². The van der Waals surface area contributed by atoms with Crippen LogP contribution in [-0.2, 0) is 9.53 Å². The monoisotopic (exact) mass is 571 g/mol.